The zero-order valence-electron chi connectivity index (χ0n) is 13.9. The van der Waals surface area contributed by atoms with Gasteiger partial charge >= 0.3 is 0 Å². The number of nitrogens with two attached hydrogens (primary N) is 1. The highest BCUT2D eigenvalue weighted by Crippen LogP contribution is 2.26. The maximum Gasteiger partial charge on any atom is 0.248 e. The zero-order valence-corrected chi connectivity index (χ0v) is 15.4. The highest BCUT2D eigenvalue weighted by Gasteiger charge is 2.13. The number of primary amides is 1. The molecule has 0 aliphatic heterocycles. The quantitative estimate of drug-likeness (QED) is 0.654. The number of rotatable bonds is 7. The van der Waals surface area contributed by atoms with E-state index in [1.54, 1.807) is 30.3 Å². The van der Waals surface area contributed by atoms with Gasteiger partial charge in [0.2, 0.25) is 11.8 Å². The number of aryl methyl sites for hydroxylation is 2. The fourth-order valence-electron chi connectivity index (χ4n) is 2.73. The summed E-state index contributed by atoms with van der Waals surface area (Å²) in [6.45, 7) is 0. The molecular formula is C19H17Cl2N3O2. The molecule has 134 valence electrons. The van der Waals surface area contributed by atoms with E-state index in [0.717, 1.165) is 17.5 Å². The monoisotopic (exact) mass is 389 g/mol. The summed E-state index contributed by atoms with van der Waals surface area (Å²) in [4.78, 5) is 15.8. The molecule has 1 amide bonds. The minimum atomic E-state index is -0.419. The molecule has 3 aromatic rings. The van der Waals surface area contributed by atoms with Gasteiger partial charge in [-0.15, -0.1) is 0 Å². The van der Waals surface area contributed by atoms with Crippen LogP contribution in [0.1, 0.15) is 39.6 Å². The number of halogens is 2. The van der Waals surface area contributed by atoms with E-state index in [0.29, 0.717) is 46.6 Å². The Bertz CT molecular complexity index is 904. The fraction of sp³-hybridized carbons (Fsp3) is 0.211. The van der Waals surface area contributed by atoms with Crippen LogP contribution in [0.5, 0.6) is 0 Å². The first-order valence-electron chi connectivity index (χ1n) is 8.16. The second-order valence-corrected chi connectivity index (χ2v) is 6.67. The first kappa shape index (κ1) is 18.4. The highest BCUT2D eigenvalue weighted by molar-refractivity contribution is 6.36. The van der Waals surface area contributed by atoms with Crippen LogP contribution < -0.4 is 5.73 Å². The molecule has 0 aliphatic rings. The van der Waals surface area contributed by atoms with E-state index in [4.69, 9.17) is 33.5 Å². The molecule has 0 aliphatic carbocycles. The molecule has 1 aromatic heterocycles. The molecule has 3 rings (SSSR count). The van der Waals surface area contributed by atoms with E-state index in [2.05, 4.69) is 10.1 Å². The van der Waals surface area contributed by atoms with Crippen LogP contribution in [0.15, 0.2) is 47.0 Å². The number of carbonyl (C=O) groups is 1. The summed E-state index contributed by atoms with van der Waals surface area (Å²) in [6.07, 6.45) is 2.48. The van der Waals surface area contributed by atoms with Crippen molar-refractivity contribution < 1.29 is 9.32 Å². The maximum atomic E-state index is 11.4. The first-order valence-corrected chi connectivity index (χ1v) is 8.92. The SMILES string of the molecule is NC(=O)c1ccccc1CCCc1nc(Cc2c(Cl)cccc2Cl)no1. The Kier molecular flexibility index (Phi) is 5.91. The van der Waals surface area contributed by atoms with Gasteiger partial charge in [-0.3, -0.25) is 4.79 Å². The van der Waals surface area contributed by atoms with Crippen molar-refractivity contribution in [3.05, 3.63) is 80.9 Å². The van der Waals surface area contributed by atoms with Crippen LogP contribution >= 0.6 is 23.2 Å². The summed E-state index contributed by atoms with van der Waals surface area (Å²) in [6, 6.07) is 12.7. The van der Waals surface area contributed by atoms with Crippen LogP contribution in [-0.2, 0) is 19.3 Å². The Balaban J connectivity index is 1.60. The van der Waals surface area contributed by atoms with E-state index < -0.39 is 5.91 Å². The Hall–Kier alpha value is -2.37. The third kappa shape index (κ3) is 4.42. The van der Waals surface area contributed by atoms with Crippen LogP contribution in [0, 0.1) is 0 Å². The highest BCUT2D eigenvalue weighted by atomic mass is 35.5. The number of aromatic nitrogens is 2. The van der Waals surface area contributed by atoms with Crippen LogP contribution in [0.25, 0.3) is 0 Å². The first-order chi connectivity index (χ1) is 12.5. The van der Waals surface area contributed by atoms with Crippen molar-refractivity contribution in [1.82, 2.24) is 10.1 Å². The second kappa shape index (κ2) is 8.34. The van der Waals surface area contributed by atoms with E-state index >= 15 is 0 Å². The van der Waals surface area contributed by atoms with Gasteiger partial charge < -0.3 is 10.3 Å². The lowest BCUT2D eigenvalue weighted by molar-refractivity contribution is 0.0999. The molecule has 2 N–H and O–H groups in total. The molecule has 26 heavy (non-hydrogen) atoms. The molecule has 0 atom stereocenters. The van der Waals surface area contributed by atoms with Gasteiger partial charge in [0.25, 0.3) is 0 Å². The van der Waals surface area contributed by atoms with Crippen molar-refractivity contribution in [2.75, 3.05) is 0 Å². The van der Waals surface area contributed by atoms with E-state index in [1.165, 1.54) is 0 Å². The minimum absolute atomic E-state index is 0.409. The van der Waals surface area contributed by atoms with E-state index in [9.17, 15) is 4.79 Å². The van der Waals surface area contributed by atoms with Gasteiger partial charge in [0.1, 0.15) is 0 Å². The molecule has 0 unspecified atom stereocenters. The lowest BCUT2D eigenvalue weighted by Gasteiger charge is -2.05. The van der Waals surface area contributed by atoms with Gasteiger partial charge in [0, 0.05) is 28.5 Å². The zero-order chi connectivity index (χ0) is 18.5. The molecule has 0 bridgehead atoms. The Morgan fingerprint density at radius 1 is 1.04 bits per heavy atom. The Labute approximate surface area is 161 Å². The van der Waals surface area contributed by atoms with Crippen molar-refractivity contribution in [1.29, 1.82) is 0 Å². The summed E-state index contributed by atoms with van der Waals surface area (Å²) in [7, 11) is 0. The largest absolute Gasteiger partial charge is 0.366 e. The van der Waals surface area contributed by atoms with E-state index in [-0.39, 0.29) is 0 Å². The second-order valence-electron chi connectivity index (χ2n) is 5.86. The lowest BCUT2D eigenvalue weighted by atomic mass is 10.0. The summed E-state index contributed by atoms with van der Waals surface area (Å²) in [5.41, 5.74) is 7.64. The molecule has 5 nitrogen and oxygen atoms in total. The van der Waals surface area contributed by atoms with Crippen molar-refractivity contribution >= 4 is 29.1 Å². The molecule has 2 aromatic carbocycles. The van der Waals surface area contributed by atoms with Gasteiger partial charge in [0.05, 0.1) is 0 Å². The molecule has 0 saturated heterocycles. The van der Waals surface area contributed by atoms with E-state index in [1.807, 2.05) is 12.1 Å². The third-order valence-electron chi connectivity index (χ3n) is 4.03. The predicted octanol–water partition coefficient (Wildman–Crippen LogP) is 4.24. The number of hydrogen-bond acceptors (Lipinski definition) is 4. The van der Waals surface area contributed by atoms with Crippen molar-refractivity contribution in [3.63, 3.8) is 0 Å². The minimum Gasteiger partial charge on any atom is -0.366 e. The summed E-state index contributed by atoms with van der Waals surface area (Å²) < 4.78 is 5.29. The summed E-state index contributed by atoms with van der Waals surface area (Å²) in [5, 5.41) is 5.14. The average molecular weight is 390 g/mol. The van der Waals surface area contributed by atoms with Crippen molar-refractivity contribution in [2.24, 2.45) is 5.73 Å². The average Bonchev–Trinajstić information content (AvgIpc) is 3.06. The van der Waals surface area contributed by atoms with Gasteiger partial charge in [-0.2, -0.15) is 4.98 Å². The fourth-order valence-corrected chi connectivity index (χ4v) is 3.26. The van der Waals surface area contributed by atoms with Gasteiger partial charge in [0.15, 0.2) is 5.82 Å². The predicted molar refractivity (Wildman–Crippen MR) is 101 cm³/mol. The van der Waals surface area contributed by atoms with Gasteiger partial charge in [-0.05, 0) is 42.2 Å². The number of hydrogen-bond donors (Lipinski definition) is 1. The Morgan fingerprint density at radius 3 is 2.50 bits per heavy atom. The molecule has 0 radical (unpaired) electrons. The van der Waals surface area contributed by atoms with Crippen molar-refractivity contribution in [2.45, 2.75) is 25.7 Å². The molecule has 0 spiro atoms. The number of carbonyl (C=O) groups excluding carboxylic acids is 1. The smallest absolute Gasteiger partial charge is 0.248 e. The topological polar surface area (TPSA) is 82.0 Å². The number of nitrogens with zero attached hydrogens (tertiary/aromatic N) is 2. The van der Waals surface area contributed by atoms with Crippen LogP contribution in [-0.4, -0.2) is 16.0 Å². The number of benzene rings is 2. The maximum absolute atomic E-state index is 11.4. The molecule has 7 heteroatoms. The summed E-state index contributed by atoms with van der Waals surface area (Å²) >= 11 is 12.3. The van der Waals surface area contributed by atoms with Gasteiger partial charge in [-0.25, -0.2) is 0 Å². The third-order valence-corrected chi connectivity index (χ3v) is 4.73. The standard InChI is InChI=1S/C19H17Cl2N3O2/c20-15-8-4-9-16(21)14(15)11-17-23-18(26-24-17)10-3-6-12-5-1-2-7-13(12)19(22)25/h1-2,4-5,7-9H,3,6,10-11H2,(H2,22,25). The van der Waals surface area contributed by atoms with Crippen molar-refractivity contribution in [3.8, 4) is 0 Å². The Morgan fingerprint density at radius 2 is 1.77 bits per heavy atom. The van der Waals surface area contributed by atoms with Gasteiger partial charge in [-0.1, -0.05) is 52.6 Å². The lowest BCUT2D eigenvalue weighted by Crippen LogP contribution is -2.13. The molecule has 0 saturated carbocycles. The van der Waals surface area contributed by atoms with Crippen LogP contribution in [0.3, 0.4) is 0 Å². The van der Waals surface area contributed by atoms with Crippen LogP contribution in [0.4, 0.5) is 0 Å². The molecular weight excluding hydrogens is 373 g/mol. The molecule has 1 heterocycles. The normalized spacial score (nSPS) is 10.8. The van der Waals surface area contributed by atoms with Crippen LogP contribution in [0.2, 0.25) is 10.0 Å². The number of amides is 1. The summed E-state index contributed by atoms with van der Waals surface area (Å²) in [5.74, 6) is 0.657. The molecule has 0 fully saturated rings.